The second-order valence-corrected chi connectivity index (χ2v) is 5.90. The summed E-state index contributed by atoms with van der Waals surface area (Å²) in [6.07, 6.45) is -4.41. The quantitative estimate of drug-likeness (QED) is 0.622. The molecule has 7 heteroatoms. The first-order valence-electron chi connectivity index (χ1n) is 5.88. The van der Waals surface area contributed by atoms with E-state index in [0.29, 0.717) is 15.6 Å². The molecule has 0 aliphatic rings. The van der Waals surface area contributed by atoms with Gasteiger partial charge in [0.15, 0.2) is 0 Å². The van der Waals surface area contributed by atoms with Gasteiger partial charge in [-0.25, -0.2) is 4.98 Å². The minimum Gasteiger partial charge on any atom is -0.398 e. The summed E-state index contributed by atoms with van der Waals surface area (Å²) in [5.41, 5.74) is 6.24. The molecule has 108 valence electrons. The van der Waals surface area contributed by atoms with Crippen LogP contribution >= 0.6 is 22.9 Å². The van der Waals surface area contributed by atoms with Crippen molar-refractivity contribution in [1.29, 1.82) is 0 Å². The summed E-state index contributed by atoms with van der Waals surface area (Å²) in [5, 5.41) is 1.15. The van der Waals surface area contributed by atoms with E-state index in [4.69, 9.17) is 17.3 Å². The zero-order valence-corrected chi connectivity index (χ0v) is 12.0. The summed E-state index contributed by atoms with van der Waals surface area (Å²) in [6, 6.07) is 8.51. The van der Waals surface area contributed by atoms with Crippen molar-refractivity contribution in [2.75, 3.05) is 5.73 Å². The van der Waals surface area contributed by atoms with Gasteiger partial charge in [0.2, 0.25) is 0 Å². The molecule has 3 aromatic rings. The lowest BCUT2D eigenvalue weighted by Crippen LogP contribution is -2.05. The van der Waals surface area contributed by atoms with E-state index in [2.05, 4.69) is 4.98 Å². The van der Waals surface area contributed by atoms with Crippen molar-refractivity contribution in [3.63, 3.8) is 0 Å². The van der Waals surface area contributed by atoms with Crippen molar-refractivity contribution >= 4 is 38.8 Å². The fraction of sp³-hybridized carbons (Fsp3) is 0.0714. The van der Waals surface area contributed by atoms with E-state index in [1.807, 2.05) is 0 Å². The van der Waals surface area contributed by atoms with Crippen LogP contribution in [0.25, 0.3) is 20.8 Å². The van der Waals surface area contributed by atoms with Crippen LogP contribution in [-0.4, -0.2) is 4.98 Å². The van der Waals surface area contributed by atoms with Gasteiger partial charge in [-0.15, -0.1) is 11.3 Å². The first kappa shape index (κ1) is 14.2. The van der Waals surface area contributed by atoms with Crippen molar-refractivity contribution in [2.24, 2.45) is 0 Å². The van der Waals surface area contributed by atoms with Crippen LogP contribution in [0.5, 0.6) is 0 Å². The summed E-state index contributed by atoms with van der Waals surface area (Å²) >= 11 is 7.24. The molecule has 0 amide bonds. The topological polar surface area (TPSA) is 38.9 Å². The Hall–Kier alpha value is -1.79. The number of nitrogens with zero attached hydrogens (tertiary/aromatic N) is 1. The molecule has 0 unspecified atom stereocenters. The predicted octanol–water partition coefficient (Wildman–Crippen LogP) is 5.22. The van der Waals surface area contributed by atoms with Crippen LogP contribution in [0.4, 0.5) is 18.9 Å². The number of nitrogens with two attached hydrogens (primary N) is 1. The third-order valence-electron chi connectivity index (χ3n) is 2.96. The number of thiazole rings is 1. The van der Waals surface area contributed by atoms with Crippen LogP contribution in [0, 0.1) is 0 Å². The summed E-state index contributed by atoms with van der Waals surface area (Å²) in [7, 11) is 0. The number of hydrogen-bond donors (Lipinski definition) is 1. The highest BCUT2D eigenvalue weighted by Crippen LogP contribution is 2.37. The molecule has 2 N–H and O–H groups in total. The molecule has 0 radical (unpaired) electrons. The van der Waals surface area contributed by atoms with E-state index >= 15 is 0 Å². The van der Waals surface area contributed by atoms with Crippen LogP contribution in [0.1, 0.15) is 5.56 Å². The van der Waals surface area contributed by atoms with Gasteiger partial charge in [0.25, 0.3) is 0 Å². The summed E-state index contributed by atoms with van der Waals surface area (Å²) in [4.78, 5) is 4.38. The predicted molar refractivity (Wildman–Crippen MR) is 79.5 cm³/mol. The van der Waals surface area contributed by atoms with Crippen molar-refractivity contribution in [3.8, 4) is 10.6 Å². The van der Waals surface area contributed by atoms with Crippen LogP contribution in [0.3, 0.4) is 0 Å². The minimum atomic E-state index is -4.41. The van der Waals surface area contributed by atoms with E-state index in [0.717, 1.165) is 22.3 Å². The first-order valence-corrected chi connectivity index (χ1v) is 7.07. The molecule has 1 aromatic heterocycles. The Bertz CT molecular complexity index is 827. The molecule has 0 saturated carbocycles. The maximum Gasteiger partial charge on any atom is 0.416 e. The number of hydrogen-bond acceptors (Lipinski definition) is 3. The van der Waals surface area contributed by atoms with E-state index in [9.17, 15) is 13.2 Å². The Balaban J connectivity index is 2.10. The molecular weight excluding hydrogens is 321 g/mol. The van der Waals surface area contributed by atoms with Gasteiger partial charge in [-0.3, -0.25) is 0 Å². The lowest BCUT2D eigenvalue weighted by Gasteiger charge is -2.09. The zero-order chi connectivity index (χ0) is 15.2. The highest BCUT2D eigenvalue weighted by atomic mass is 35.5. The average Bonchev–Trinajstić information content (AvgIpc) is 2.80. The van der Waals surface area contributed by atoms with E-state index in [-0.39, 0.29) is 5.69 Å². The Morgan fingerprint density at radius 1 is 1.10 bits per heavy atom. The van der Waals surface area contributed by atoms with Crippen LogP contribution in [0.15, 0.2) is 36.4 Å². The summed E-state index contributed by atoms with van der Waals surface area (Å²) < 4.78 is 38.8. The number of nitrogen functional groups attached to an aromatic ring is 1. The molecule has 0 aliphatic carbocycles. The minimum absolute atomic E-state index is 0.0509. The first-order chi connectivity index (χ1) is 9.84. The maximum atomic E-state index is 12.6. The lowest BCUT2D eigenvalue weighted by atomic mass is 10.1. The second kappa shape index (κ2) is 4.89. The Morgan fingerprint density at radius 2 is 1.86 bits per heavy atom. The van der Waals surface area contributed by atoms with Crippen molar-refractivity contribution in [1.82, 2.24) is 4.98 Å². The van der Waals surface area contributed by atoms with Gasteiger partial charge in [0, 0.05) is 16.3 Å². The fourth-order valence-corrected chi connectivity index (χ4v) is 3.24. The molecule has 1 heterocycles. The van der Waals surface area contributed by atoms with Gasteiger partial charge >= 0.3 is 6.18 Å². The summed E-state index contributed by atoms with van der Waals surface area (Å²) in [5.74, 6) is 0. The highest BCUT2D eigenvalue weighted by Gasteiger charge is 2.31. The number of rotatable bonds is 1. The van der Waals surface area contributed by atoms with E-state index in [1.165, 1.54) is 17.4 Å². The van der Waals surface area contributed by atoms with E-state index in [1.54, 1.807) is 18.2 Å². The van der Waals surface area contributed by atoms with Crippen molar-refractivity contribution < 1.29 is 13.2 Å². The Morgan fingerprint density at radius 3 is 2.52 bits per heavy atom. The molecule has 0 fully saturated rings. The number of anilines is 1. The fourth-order valence-electron chi connectivity index (χ4n) is 1.95. The number of benzene rings is 2. The van der Waals surface area contributed by atoms with Crippen molar-refractivity contribution in [3.05, 3.63) is 47.0 Å². The van der Waals surface area contributed by atoms with Crippen LogP contribution in [-0.2, 0) is 6.18 Å². The molecule has 2 nitrogen and oxygen atoms in total. The Labute approximate surface area is 127 Å². The summed E-state index contributed by atoms with van der Waals surface area (Å²) in [6.45, 7) is 0. The second-order valence-electron chi connectivity index (χ2n) is 4.43. The largest absolute Gasteiger partial charge is 0.416 e. The van der Waals surface area contributed by atoms with Crippen LogP contribution in [0.2, 0.25) is 5.02 Å². The average molecular weight is 329 g/mol. The molecular formula is C14H8ClF3N2S. The highest BCUT2D eigenvalue weighted by molar-refractivity contribution is 7.21. The van der Waals surface area contributed by atoms with Gasteiger partial charge in [-0.05, 0) is 36.4 Å². The van der Waals surface area contributed by atoms with Gasteiger partial charge in [-0.1, -0.05) is 11.6 Å². The van der Waals surface area contributed by atoms with E-state index < -0.39 is 11.7 Å². The standard InChI is InChI=1S/C14H8ClF3N2S/c15-8-2-4-11-12(6-8)21-13(20-11)9-3-1-7(5-10(9)19)14(16,17)18/h1-6H,19H2. The molecule has 21 heavy (non-hydrogen) atoms. The molecule has 0 spiro atoms. The smallest absolute Gasteiger partial charge is 0.398 e. The van der Waals surface area contributed by atoms with Gasteiger partial charge in [0.1, 0.15) is 5.01 Å². The van der Waals surface area contributed by atoms with Gasteiger partial charge in [-0.2, -0.15) is 13.2 Å². The third kappa shape index (κ3) is 2.69. The number of aromatic nitrogens is 1. The van der Waals surface area contributed by atoms with Crippen molar-refractivity contribution in [2.45, 2.75) is 6.18 Å². The number of halogens is 4. The van der Waals surface area contributed by atoms with Crippen LogP contribution < -0.4 is 5.73 Å². The monoisotopic (exact) mass is 328 g/mol. The third-order valence-corrected chi connectivity index (χ3v) is 4.25. The Kier molecular flexibility index (Phi) is 3.30. The number of fused-ring (bicyclic) bond motifs is 1. The lowest BCUT2D eigenvalue weighted by molar-refractivity contribution is -0.137. The molecule has 0 atom stereocenters. The molecule has 3 rings (SSSR count). The normalized spacial score (nSPS) is 12.0. The van der Waals surface area contributed by atoms with Gasteiger partial charge in [0.05, 0.1) is 15.8 Å². The molecule has 0 saturated heterocycles. The molecule has 2 aromatic carbocycles. The number of alkyl halides is 3. The zero-order valence-electron chi connectivity index (χ0n) is 10.4. The SMILES string of the molecule is Nc1cc(C(F)(F)F)ccc1-c1nc2ccc(Cl)cc2s1. The molecule has 0 aliphatic heterocycles. The van der Waals surface area contributed by atoms with Gasteiger partial charge < -0.3 is 5.73 Å². The maximum absolute atomic E-state index is 12.6. The molecule has 0 bridgehead atoms.